The Morgan fingerprint density at radius 2 is 1.94 bits per heavy atom. The molecule has 0 aliphatic carbocycles. The van der Waals surface area contributed by atoms with Crippen molar-refractivity contribution in [3.63, 3.8) is 0 Å². The molecule has 154 valence electrons. The number of benzene rings is 2. The first-order valence-electron chi connectivity index (χ1n) is 9.77. The topological polar surface area (TPSA) is 83.3 Å². The molecule has 5 rings (SSSR count). The zero-order chi connectivity index (χ0) is 21.7. The molecule has 0 bridgehead atoms. The number of hydrogen-bond donors (Lipinski definition) is 2. The van der Waals surface area contributed by atoms with Crippen LogP contribution in [0.15, 0.2) is 54.7 Å². The van der Waals surface area contributed by atoms with Crippen molar-refractivity contribution in [1.82, 2.24) is 4.98 Å². The number of aromatic amines is 1. The van der Waals surface area contributed by atoms with Crippen molar-refractivity contribution in [2.24, 2.45) is 0 Å². The number of nitrogens with zero attached hydrogens (tertiary/aromatic N) is 1. The molecule has 0 saturated heterocycles. The number of carbonyl (C=O) groups excluding carboxylic acids is 2. The van der Waals surface area contributed by atoms with E-state index in [0.717, 1.165) is 28.6 Å². The van der Waals surface area contributed by atoms with Gasteiger partial charge in [0.25, 0.3) is 0 Å². The second kappa shape index (κ2) is 7.25. The maximum Gasteiger partial charge on any atom is 0.344 e. The normalized spacial score (nSPS) is 12.3. The average molecular weight is 434 g/mol. The summed E-state index contributed by atoms with van der Waals surface area (Å²) in [6.07, 6.45) is 2.45. The molecule has 0 atom stereocenters. The number of hydrogen-bond acceptors (Lipinski definition) is 4. The summed E-state index contributed by atoms with van der Waals surface area (Å²) >= 11 is 6.02. The third-order valence-corrected chi connectivity index (χ3v) is 5.90. The molecule has 2 aromatic carbocycles. The highest BCUT2D eigenvalue weighted by Crippen LogP contribution is 2.34. The molecule has 31 heavy (non-hydrogen) atoms. The van der Waals surface area contributed by atoms with Crippen LogP contribution in [0.3, 0.4) is 0 Å². The van der Waals surface area contributed by atoms with Gasteiger partial charge in [-0.25, -0.2) is 4.79 Å². The summed E-state index contributed by atoms with van der Waals surface area (Å²) in [4.78, 5) is 29.3. The maximum absolute atomic E-state index is 13.2. The van der Waals surface area contributed by atoms with Gasteiger partial charge in [-0.1, -0.05) is 29.8 Å². The number of ether oxygens (including phenoxy) is 1. The molecule has 0 saturated carbocycles. The largest absolute Gasteiger partial charge is 0.507 e. The second-order valence-electron chi connectivity index (χ2n) is 7.44. The highest BCUT2D eigenvalue weighted by atomic mass is 35.5. The van der Waals surface area contributed by atoms with E-state index in [0.29, 0.717) is 17.3 Å². The van der Waals surface area contributed by atoms with Crippen molar-refractivity contribution in [3.05, 3.63) is 82.0 Å². The van der Waals surface area contributed by atoms with Crippen LogP contribution in [0.2, 0.25) is 5.02 Å². The fourth-order valence-electron chi connectivity index (χ4n) is 4.23. The lowest BCUT2D eigenvalue weighted by Gasteiger charge is -2.15. The Morgan fingerprint density at radius 3 is 2.74 bits per heavy atom. The van der Waals surface area contributed by atoms with Crippen LogP contribution in [0.25, 0.3) is 22.3 Å². The molecule has 0 spiro atoms. The molecule has 6 nitrogen and oxygen atoms in total. The fraction of sp³-hybridized carbons (Fsp3) is 0.125. The number of carbonyl (C=O) groups is 2. The molecule has 1 aliphatic rings. The van der Waals surface area contributed by atoms with E-state index in [9.17, 15) is 14.7 Å². The predicted molar refractivity (Wildman–Crippen MR) is 116 cm³/mol. The predicted octanol–water partition coefficient (Wildman–Crippen LogP) is 4.06. The molecule has 0 fully saturated rings. The number of aryl methyl sites for hydroxylation is 2. The SMILES string of the molecule is COC(=O)c1cc(C(=O)c2cc(Cl)ccc2O)c[n+]2c1-c1[nH]c3ccccc3c1CC2. The first-order valence-corrected chi connectivity index (χ1v) is 10.1. The first-order chi connectivity index (χ1) is 15.0. The van der Waals surface area contributed by atoms with Crippen LogP contribution in [0.4, 0.5) is 0 Å². The van der Waals surface area contributed by atoms with E-state index in [4.69, 9.17) is 16.3 Å². The standard InChI is InChI=1S/C24H17ClN2O4/c1-31-24(30)18-10-13(23(29)17-11-14(25)6-7-20(17)28)12-27-9-8-16-15-4-2-3-5-19(15)26-21(16)22(18)27/h2-7,10-12H,8-9H2,1H3,(H,28,29)/p+1. The van der Waals surface area contributed by atoms with Gasteiger partial charge in [-0.2, -0.15) is 4.57 Å². The van der Waals surface area contributed by atoms with Crippen LogP contribution in [0.1, 0.15) is 31.8 Å². The zero-order valence-corrected chi connectivity index (χ0v) is 17.4. The number of nitrogens with one attached hydrogen (secondary N) is 1. The van der Waals surface area contributed by atoms with Crippen LogP contribution in [-0.4, -0.2) is 29.0 Å². The van der Waals surface area contributed by atoms with Crippen LogP contribution in [0.5, 0.6) is 5.75 Å². The lowest BCUT2D eigenvalue weighted by atomic mass is 9.95. The van der Waals surface area contributed by atoms with Crippen molar-refractivity contribution in [2.45, 2.75) is 13.0 Å². The number of aromatic nitrogens is 2. The molecular formula is C24H18ClN2O4+. The summed E-state index contributed by atoms with van der Waals surface area (Å²) in [5.41, 5.74) is 4.26. The molecule has 0 radical (unpaired) electrons. The van der Waals surface area contributed by atoms with Crippen molar-refractivity contribution >= 4 is 34.3 Å². The quantitative estimate of drug-likeness (QED) is 0.290. The van der Waals surface area contributed by atoms with Crippen molar-refractivity contribution in [2.75, 3.05) is 7.11 Å². The molecule has 1 aliphatic heterocycles. The molecule has 3 heterocycles. The molecule has 0 unspecified atom stereocenters. The van der Waals surface area contributed by atoms with E-state index in [1.165, 1.54) is 31.4 Å². The molecule has 2 aromatic heterocycles. The lowest BCUT2D eigenvalue weighted by molar-refractivity contribution is -0.687. The number of phenolic OH excluding ortho intramolecular Hbond substituents is 1. The second-order valence-corrected chi connectivity index (χ2v) is 7.88. The van der Waals surface area contributed by atoms with E-state index in [2.05, 4.69) is 11.1 Å². The van der Waals surface area contributed by atoms with Gasteiger partial charge in [0, 0.05) is 22.3 Å². The van der Waals surface area contributed by atoms with Gasteiger partial charge in [-0.15, -0.1) is 0 Å². The molecule has 7 heteroatoms. The number of phenols is 1. The van der Waals surface area contributed by atoms with Crippen molar-refractivity contribution in [1.29, 1.82) is 0 Å². The number of para-hydroxylation sites is 1. The van der Waals surface area contributed by atoms with Gasteiger partial charge in [0.15, 0.2) is 12.7 Å². The van der Waals surface area contributed by atoms with E-state index in [1.54, 1.807) is 6.20 Å². The van der Waals surface area contributed by atoms with Gasteiger partial charge in [0.1, 0.15) is 17.0 Å². The number of rotatable bonds is 3. The maximum atomic E-state index is 13.2. The number of H-pyrrole nitrogens is 1. The minimum Gasteiger partial charge on any atom is -0.507 e. The third kappa shape index (κ3) is 3.07. The van der Waals surface area contributed by atoms with Crippen LogP contribution < -0.4 is 4.57 Å². The van der Waals surface area contributed by atoms with E-state index in [1.807, 2.05) is 22.8 Å². The minimum atomic E-state index is -0.541. The van der Waals surface area contributed by atoms with E-state index < -0.39 is 11.8 Å². The highest BCUT2D eigenvalue weighted by Gasteiger charge is 2.34. The van der Waals surface area contributed by atoms with Crippen LogP contribution >= 0.6 is 11.6 Å². The van der Waals surface area contributed by atoms with Gasteiger partial charge in [0.05, 0.1) is 18.2 Å². The summed E-state index contributed by atoms with van der Waals surface area (Å²) in [6.45, 7) is 0.594. The molecule has 0 amide bonds. The Balaban J connectivity index is 1.73. The number of fused-ring (bicyclic) bond motifs is 5. The Bertz CT molecular complexity index is 1390. The Morgan fingerprint density at radius 1 is 1.13 bits per heavy atom. The van der Waals surface area contributed by atoms with Crippen LogP contribution in [-0.2, 0) is 17.7 Å². The monoisotopic (exact) mass is 433 g/mol. The molecule has 2 N–H and O–H groups in total. The lowest BCUT2D eigenvalue weighted by Crippen LogP contribution is -2.42. The van der Waals surface area contributed by atoms with Crippen LogP contribution in [0, 0.1) is 0 Å². The van der Waals surface area contributed by atoms with Gasteiger partial charge >= 0.3 is 5.97 Å². The smallest absolute Gasteiger partial charge is 0.344 e. The van der Waals surface area contributed by atoms with E-state index >= 15 is 0 Å². The zero-order valence-electron chi connectivity index (χ0n) is 16.6. The first kappa shape index (κ1) is 19.3. The Labute approximate surface area is 182 Å². The van der Waals surface area contributed by atoms with Crippen molar-refractivity contribution in [3.8, 4) is 17.1 Å². The number of aromatic hydroxyl groups is 1. The number of esters is 1. The van der Waals surface area contributed by atoms with Gasteiger partial charge < -0.3 is 14.8 Å². The Kier molecular flexibility index (Phi) is 4.52. The third-order valence-electron chi connectivity index (χ3n) is 5.66. The van der Waals surface area contributed by atoms with E-state index in [-0.39, 0.29) is 22.4 Å². The fourth-order valence-corrected chi connectivity index (χ4v) is 4.40. The number of halogens is 1. The Hall–Kier alpha value is -3.64. The minimum absolute atomic E-state index is 0.0750. The van der Waals surface area contributed by atoms with Gasteiger partial charge in [-0.3, -0.25) is 4.79 Å². The molecule has 4 aromatic rings. The summed E-state index contributed by atoms with van der Waals surface area (Å²) < 4.78 is 6.91. The van der Waals surface area contributed by atoms with Gasteiger partial charge in [-0.05, 0) is 35.9 Å². The summed E-state index contributed by atoms with van der Waals surface area (Å²) in [7, 11) is 1.31. The number of methoxy groups -OCH3 is 1. The van der Waals surface area contributed by atoms with Gasteiger partial charge in [0.2, 0.25) is 11.5 Å². The van der Waals surface area contributed by atoms with Crippen molar-refractivity contribution < 1.29 is 24.0 Å². The summed E-state index contributed by atoms with van der Waals surface area (Å²) in [5, 5.41) is 11.6. The summed E-state index contributed by atoms with van der Waals surface area (Å²) in [6, 6.07) is 13.8. The average Bonchev–Trinajstić information content (AvgIpc) is 3.17. The number of pyridine rings is 1. The summed E-state index contributed by atoms with van der Waals surface area (Å²) in [5.74, 6) is -1.14. The molecular weight excluding hydrogens is 416 g/mol. The highest BCUT2D eigenvalue weighted by molar-refractivity contribution is 6.31. The number of ketones is 1.